The smallest absolute Gasteiger partial charge is 0.119 e. The Morgan fingerprint density at radius 2 is 0.923 bits per heavy atom. The third-order valence-corrected chi connectivity index (χ3v) is 8.16. The lowest BCUT2D eigenvalue weighted by molar-refractivity contribution is 0.251. The molecule has 2 unspecified atom stereocenters. The van der Waals surface area contributed by atoms with Crippen molar-refractivity contribution in [2.75, 3.05) is 13.2 Å². The number of hydrogen-bond acceptors (Lipinski definition) is 2. The van der Waals surface area contributed by atoms with Crippen LogP contribution in [0.25, 0.3) is 11.1 Å². The maximum atomic E-state index is 6.18. The summed E-state index contributed by atoms with van der Waals surface area (Å²) in [5, 5.41) is 0. The fourth-order valence-electron chi connectivity index (χ4n) is 6.26. The predicted molar refractivity (Wildman–Crippen MR) is 163 cm³/mol. The molecule has 0 radical (unpaired) electrons. The third-order valence-electron chi connectivity index (χ3n) is 8.16. The molecule has 0 amide bonds. The summed E-state index contributed by atoms with van der Waals surface area (Å²) >= 11 is 0. The van der Waals surface area contributed by atoms with Crippen molar-refractivity contribution < 1.29 is 9.47 Å². The van der Waals surface area contributed by atoms with E-state index in [1.54, 1.807) is 0 Å². The Kier molecular flexibility index (Phi) is 8.41. The molecule has 0 saturated carbocycles. The van der Waals surface area contributed by atoms with Crippen molar-refractivity contribution in [2.45, 2.75) is 58.8 Å². The van der Waals surface area contributed by atoms with Crippen molar-refractivity contribution >= 4 is 0 Å². The van der Waals surface area contributed by atoms with Gasteiger partial charge in [-0.3, -0.25) is 0 Å². The van der Waals surface area contributed by atoms with E-state index in [-0.39, 0.29) is 0 Å². The van der Waals surface area contributed by atoms with E-state index in [4.69, 9.17) is 9.47 Å². The molecule has 0 saturated heterocycles. The summed E-state index contributed by atoms with van der Waals surface area (Å²) in [5.41, 5.74) is 7.34. The van der Waals surface area contributed by atoms with E-state index in [0.717, 1.165) is 24.7 Å². The summed E-state index contributed by atoms with van der Waals surface area (Å²) < 4.78 is 12.4. The van der Waals surface area contributed by atoms with Crippen LogP contribution in [-0.4, -0.2) is 13.2 Å². The van der Waals surface area contributed by atoms with Crippen LogP contribution in [0.15, 0.2) is 97.1 Å². The monoisotopic (exact) mass is 518 g/mol. The van der Waals surface area contributed by atoms with Crippen LogP contribution < -0.4 is 9.47 Å². The highest BCUT2D eigenvalue weighted by molar-refractivity contribution is 5.86. The summed E-state index contributed by atoms with van der Waals surface area (Å²) in [4.78, 5) is 0. The molecule has 39 heavy (non-hydrogen) atoms. The number of rotatable bonds is 12. The lowest BCUT2D eigenvalue weighted by atomic mass is 9.68. The minimum absolute atomic E-state index is 0.407. The number of ether oxygens (including phenoxy) is 2. The van der Waals surface area contributed by atoms with Gasteiger partial charge in [-0.05, 0) is 82.3 Å². The molecule has 0 aliphatic heterocycles. The molecule has 0 N–H and O–H groups in total. The van der Waals surface area contributed by atoms with Gasteiger partial charge in [-0.25, -0.2) is 0 Å². The lowest BCUT2D eigenvalue weighted by Gasteiger charge is -2.34. The molecular weight excluding hydrogens is 476 g/mol. The van der Waals surface area contributed by atoms with E-state index >= 15 is 0 Å². The van der Waals surface area contributed by atoms with Crippen LogP contribution in [0.5, 0.6) is 11.5 Å². The van der Waals surface area contributed by atoms with Gasteiger partial charge in [-0.1, -0.05) is 113 Å². The first-order chi connectivity index (χ1) is 19.1. The van der Waals surface area contributed by atoms with Gasteiger partial charge in [0.05, 0.1) is 18.6 Å². The predicted octanol–water partition coefficient (Wildman–Crippen LogP) is 9.68. The number of benzene rings is 4. The van der Waals surface area contributed by atoms with Gasteiger partial charge in [0.1, 0.15) is 11.5 Å². The fraction of sp³-hybridized carbons (Fsp3) is 0.351. The highest BCUT2D eigenvalue weighted by Crippen LogP contribution is 2.56. The van der Waals surface area contributed by atoms with Gasteiger partial charge in [0.15, 0.2) is 0 Å². The molecule has 202 valence electrons. The average Bonchev–Trinajstić information content (AvgIpc) is 3.27. The maximum Gasteiger partial charge on any atom is 0.119 e. The topological polar surface area (TPSA) is 18.5 Å². The molecule has 0 heterocycles. The van der Waals surface area contributed by atoms with Crippen molar-refractivity contribution in [2.24, 2.45) is 11.8 Å². The van der Waals surface area contributed by atoms with Gasteiger partial charge in [-0.15, -0.1) is 0 Å². The summed E-state index contributed by atoms with van der Waals surface area (Å²) in [6.45, 7) is 10.5. The SMILES string of the molecule is CCCC(C)COc1ccc(C2(c3ccc(OCC(C)CCC)cc3)c3ccccc3-c3ccccc32)cc1. The molecule has 1 aliphatic rings. The first kappa shape index (κ1) is 27.1. The summed E-state index contributed by atoms with van der Waals surface area (Å²) in [7, 11) is 0. The fourth-order valence-corrected chi connectivity index (χ4v) is 6.26. The lowest BCUT2D eigenvalue weighted by Crippen LogP contribution is -2.28. The summed E-state index contributed by atoms with van der Waals surface area (Å²) in [6.07, 6.45) is 4.75. The molecule has 0 bridgehead atoms. The van der Waals surface area contributed by atoms with Crippen molar-refractivity contribution in [3.63, 3.8) is 0 Å². The van der Waals surface area contributed by atoms with Crippen LogP contribution >= 0.6 is 0 Å². The van der Waals surface area contributed by atoms with E-state index in [1.807, 2.05) is 0 Å². The second-order valence-electron chi connectivity index (χ2n) is 11.3. The molecule has 5 rings (SSSR count). The first-order valence-electron chi connectivity index (χ1n) is 14.7. The zero-order valence-corrected chi connectivity index (χ0v) is 24.0. The quantitative estimate of drug-likeness (QED) is 0.164. The van der Waals surface area contributed by atoms with Crippen LogP contribution in [-0.2, 0) is 5.41 Å². The molecule has 2 nitrogen and oxygen atoms in total. The van der Waals surface area contributed by atoms with Crippen LogP contribution in [0.2, 0.25) is 0 Å². The van der Waals surface area contributed by atoms with Crippen LogP contribution in [0, 0.1) is 11.8 Å². The van der Waals surface area contributed by atoms with Crippen molar-refractivity contribution in [1.29, 1.82) is 0 Å². The number of fused-ring (bicyclic) bond motifs is 3. The molecule has 0 spiro atoms. The maximum absolute atomic E-state index is 6.18. The summed E-state index contributed by atoms with van der Waals surface area (Å²) in [6, 6.07) is 35.3. The first-order valence-corrected chi connectivity index (χ1v) is 14.7. The molecule has 2 heteroatoms. The Morgan fingerprint density at radius 3 is 1.31 bits per heavy atom. The molecule has 1 aliphatic carbocycles. The van der Waals surface area contributed by atoms with E-state index < -0.39 is 5.41 Å². The van der Waals surface area contributed by atoms with Crippen LogP contribution in [0.1, 0.15) is 75.6 Å². The molecule has 0 aromatic heterocycles. The molecular formula is C37H42O2. The Labute approximate surface area is 235 Å². The van der Waals surface area contributed by atoms with Gasteiger partial charge in [0, 0.05) is 0 Å². The third kappa shape index (κ3) is 5.35. The average molecular weight is 519 g/mol. The molecule has 4 aromatic rings. The zero-order valence-electron chi connectivity index (χ0n) is 24.0. The van der Waals surface area contributed by atoms with Gasteiger partial charge in [0.25, 0.3) is 0 Å². The van der Waals surface area contributed by atoms with E-state index in [1.165, 1.54) is 59.1 Å². The van der Waals surface area contributed by atoms with Crippen LogP contribution in [0.3, 0.4) is 0 Å². The minimum atomic E-state index is -0.407. The highest BCUT2D eigenvalue weighted by atomic mass is 16.5. The van der Waals surface area contributed by atoms with Gasteiger partial charge in [-0.2, -0.15) is 0 Å². The summed E-state index contributed by atoms with van der Waals surface area (Å²) in [5.74, 6) is 2.98. The normalized spacial score (nSPS) is 14.8. The standard InChI is InChI=1S/C37H42O2/c1-5-11-27(3)25-38-31-21-17-29(18-22-31)37(30-19-23-32(24-20-30)39-26-28(4)12-6-2)35-15-9-7-13-33(35)34-14-8-10-16-36(34)37/h7-10,13-24,27-28H,5-6,11-12,25-26H2,1-4H3. The van der Waals surface area contributed by atoms with E-state index in [0.29, 0.717) is 11.8 Å². The molecule has 4 aromatic carbocycles. The van der Waals surface area contributed by atoms with Crippen LogP contribution in [0.4, 0.5) is 0 Å². The number of hydrogen-bond donors (Lipinski definition) is 0. The Balaban J connectivity index is 1.56. The zero-order chi connectivity index (χ0) is 27.2. The van der Waals surface area contributed by atoms with Gasteiger partial charge < -0.3 is 9.47 Å². The van der Waals surface area contributed by atoms with Crippen molar-refractivity contribution in [1.82, 2.24) is 0 Å². The van der Waals surface area contributed by atoms with Crippen molar-refractivity contribution in [3.05, 3.63) is 119 Å². The second-order valence-corrected chi connectivity index (χ2v) is 11.3. The van der Waals surface area contributed by atoms with E-state index in [9.17, 15) is 0 Å². The molecule has 0 fully saturated rings. The minimum Gasteiger partial charge on any atom is -0.493 e. The Bertz CT molecular complexity index is 1250. The largest absolute Gasteiger partial charge is 0.493 e. The van der Waals surface area contributed by atoms with Gasteiger partial charge >= 0.3 is 0 Å². The Morgan fingerprint density at radius 1 is 0.538 bits per heavy atom. The Hall–Kier alpha value is -3.52. The molecule has 2 atom stereocenters. The van der Waals surface area contributed by atoms with Crippen molar-refractivity contribution in [3.8, 4) is 22.6 Å². The second kappa shape index (κ2) is 12.1. The van der Waals surface area contributed by atoms with E-state index in [2.05, 4.69) is 125 Å². The highest BCUT2D eigenvalue weighted by Gasteiger charge is 2.45. The van der Waals surface area contributed by atoms with Gasteiger partial charge in [0.2, 0.25) is 0 Å².